The van der Waals surface area contributed by atoms with Gasteiger partial charge in [-0.2, -0.15) is 18.6 Å². The zero-order valence-corrected chi connectivity index (χ0v) is 19.9. The molecule has 1 aromatic heterocycles. The van der Waals surface area contributed by atoms with E-state index in [0.717, 1.165) is 29.0 Å². The van der Waals surface area contributed by atoms with Gasteiger partial charge in [0.25, 0.3) is 10.0 Å². The van der Waals surface area contributed by atoms with E-state index in [-0.39, 0.29) is 4.90 Å². The van der Waals surface area contributed by atoms with Crippen LogP contribution in [-0.4, -0.2) is 31.0 Å². The molecule has 0 aliphatic heterocycles. The van der Waals surface area contributed by atoms with Crippen LogP contribution in [-0.2, 0) is 10.0 Å². The molecule has 0 radical (unpaired) electrons. The second-order valence-electron chi connectivity index (χ2n) is 7.75. The van der Waals surface area contributed by atoms with Gasteiger partial charge in [0.05, 0.1) is 23.4 Å². The molecule has 4 rings (SSSR count). The van der Waals surface area contributed by atoms with Gasteiger partial charge >= 0.3 is 0 Å². The third-order valence-corrected chi connectivity index (χ3v) is 6.31. The summed E-state index contributed by atoms with van der Waals surface area (Å²) < 4.78 is 32.6. The van der Waals surface area contributed by atoms with Gasteiger partial charge in [0.1, 0.15) is 11.4 Å². The van der Waals surface area contributed by atoms with Gasteiger partial charge in [-0.1, -0.05) is 42.8 Å². The molecule has 0 unspecified atom stereocenters. The van der Waals surface area contributed by atoms with Gasteiger partial charge in [0, 0.05) is 17.3 Å². The first-order chi connectivity index (χ1) is 16.5. The number of ether oxygens (including phenoxy) is 1. The van der Waals surface area contributed by atoms with E-state index in [1.807, 2.05) is 67.7 Å². The normalized spacial score (nSPS) is 11.6. The molecular weight excluding hydrogens is 448 g/mol. The molecule has 0 atom stereocenters. The van der Waals surface area contributed by atoms with Crippen LogP contribution in [0, 0.1) is 6.92 Å². The first-order valence-electron chi connectivity index (χ1n) is 11.0. The molecule has 8 heteroatoms. The van der Waals surface area contributed by atoms with Crippen LogP contribution in [0.25, 0.3) is 16.9 Å². The Kier molecular flexibility index (Phi) is 7.08. The minimum atomic E-state index is -3.78. The lowest BCUT2D eigenvalue weighted by atomic mass is 10.1. The number of nitrogens with zero attached hydrogens (tertiary/aromatic N) is 3. The fourth-order valence-electron chi connectivity index (χ4n) is 3.28. The Morgan fingerprint density at radius 1 is 1.00 bits per heavy atom. The largest absolute Gasteiger partial charge is 0.494 e. The number of benzene rings is 3. The maximum atomic E-state index is 12.6. The standard InChI is InChI=1S/C26H26N4O3S/c1-3-17-33-24-13-11-21(12-14-24)26-22(19-30(28-26)23-7-5-4-6-8-23)18-27-29-34(31,32)25-15-9-20(2)10-16-25/h4-16,18-19,29H,3,17H2,1-2H3. The summed E-state index contributed by atoms with van der Waals surface area (Å²) in [5.74, 6) is 0.786. The van der Waals surface area contributed by atoms with Crippen molar-refractivity contribution in [2.75, 3.05) is 6.61 Å². The molecule has 0 amide bonds. The molecule has 0 fully saturated rings. The number of hydrogen-bond acceptors (Lipinski definition) is 5. The van der Waals surface area contributed by atoms with Gasteiger partial charge in [-0.05, 0) is 61.9 Å². The Morgan fingerprint density at radius 2 is 1.71 bits per heavy atom. The average Bonchev–Trinajstić information content (AvgIpc) is 3.28. The number of aromatic nitrogens is 2. The van der Waals surface area contributed by atoms with E-state index >= 15 is 0 Å². The number of sulfonamides is 1. The van der Waals surface area contributed by atoms with Crippen molar-refractivity contribution in [2.24, 2.45) is 5.10 Å². The van der Waals surface area contributed by atoms with Crippen molar-refractivity contribution in [1.82, 2.24) is 14.6 Å². The summed E-state index contributed by atoms with van der Waals surface area (Å²) >= 11 is 0. The Labute approximate surface area is 199 Å². The minimum Gasteiger partial charge on any atom is -0.494 e. The molecule has 0 saturated carbocycles. The van der Waals surface area contributed by atoms with Crippen LogP contribution in [0.5, 0.6) is 5.75 Å². The fourth-order valence-corrected chi connectivity index (χ4v) is 4.07. The Balaban J connectivity index is 1.64. The fraction of sp³-hybridized carbons (Fsp3) is 0.154. The van der Waals surface area contributed by atoms with Gasteiger partial charge in [-0.3, -0.25) is 0 Å². The highest BCUT2D eigenvalue weighted by Gasteiger charge is 2.14. The molecule has 3 aromatic carbocycles. The minimum absolute atomic E-state index is 0.151. The molecule has 0 saturated heterocycles. The van der Waals surface area contributed by atoms with Crippen LogP contribution in [0.1, 0.15) is 24.5 Å². The van der Waals surface area contributed by atoms with Crippen molar-refractivity contribution < 1.29 is 13.2 Å². The van der Waals surface area contributed by atoms with Crippen molar-refractivity contribution in [3.05, 3.63) is 96.2 Å². The molecule has 0 aliphatic carbocycles. The summed E-state index contributed by atoms with van der Waals surface area (Å²) in [6.45, 7) is 4.61. The first kappa shape index (κ1) is 23.3. The lowest BCUT2D eigenvalue weighted by Gasteiger charge is -2.05. The first-order valence-corrected chi connectivity index (χ1v) is 12.4. The number of aryl methyl sites for hydroxylation is 1. The zero-order chi connectivity index (χ0) is 24.0. The Morgan fingerprint density at radius 3 is 2.38 bits per heavy atom. The number of rotatable bonds is 9. The lowest BCUT2D eigenvalue weighted by molar-refractivity contribution is 0.317. The third-order valence-electron chi connectivity index (χ3n) is 5.07. The highest BCUT2D eigenvalue weighted by Crippen LogP contribution is 2.25. The van der Waals surface area contributed by atoms with E-state index in [4.69, 9.17) is 9.84 Å². The maximum Gasteiger partial charge on any atom is 0.276 e. The van der Waals surface area contributed by atoms with Crippen molar-refractivity contribution >= 4 is 16.2 Å². The van der Waals surface area contributed by atoms with E-state index in [1.54, 1.807) is 28.9 Å². The highest BCUT2D eigenvalue weighted by atomic mass is 32.2. The number of hydrogen-bond donors (Lipinski definition) is 1. The van der Waals surface area contributed by atoms with Gasteiger partial charge in [-0.15, -0.1) is 0 Å². The van der Waals surface area contributed by atoms with Gasteiger partial charge in [0.2, 0.25) is 0 Å². The van der Waals surface area contributed by atoms with Crippen molar-refractivity contribution in [1.29, 1.82) is 0 Å². The summed E-state index contributed by atoms with van der Waals surface area (Å²) in [4.78, 5) is 2.44. The molecule has 0 aliphatic rings. The number of nitrogens with one attached hydrogen (secondary N) is 1. The molecule has 0 bridgehead atoms. The van der Waals surface area contributed by atoms with Crippen molar-refractivity contribution in [2.45, 2.75) is 25.2 Å². The van der Waals surface area contributed by atoms with Crippen molar-refractivity contribution in [3.8, 4) is 22.7 Å². The molecule has 174 valence electrons. The number of para-hydroxylation sites is 1. The Hall–Kier alpha value is -3.91. The highest BCUT2D eigenvalue weighted by molar-refractivity contribution is 7.89. The Bertz CT molecular complexity index is 1360. The van der Waals surface area contributed by atoms with E-state index in [1.165, 1.54) is 6.21 Å². The molecule has 4 aromatic rings. The predicted molar refractivity (Wildman–Crippen MR) is 134 cm³/mol. The smallest absolute Gasteiger partial charge is 0.276 e. The summed E-state index contributed by atoms with van der Waals surface area (Å²) in [7, 11) is -3.78. The quantitative estimate of drug-likeness (QED) is 0.275. The second kappa shape index (κ2) is 10.4. The van der Waals surface area contributed by atoms with Crippen LogP contribution in [0.3, 0.4) is 0 Å². The summed E-state index contributed by atoms with van der Waals surface area (Å²) in [6, 6.07) is 23.9. The van der Waals surface area contributed by atoms with Crippen LogP contribution in [0.2, 0.25) is 0 Å². The van der Waals surface area contributed by atoms with Crippen LogP contribution >= 0.6 is 0 Å². The van der Waals surface area contributed by atoms with E-state index in [0.29, 0.717) is 17.9 Å². The average molecular weight is 475 g/mol. The molecule has 7 nitrogen and oxygen atoms in total. The van der Waals surface area contributed by atoms with Gasteiger partial charge < -0.3 is 4.74 Å². The number of hydrazone groups is 1. The summed E-state index contributed by atoms with van der Waals surface area (Å²) in [6.07, 6.45) is 4.22. The topological polar surface area (TPSA) is 85.6 Å². The predicted octanol–water partition coefficient (Wildman–Crippen LogP) is 4.95. The molecular formula is C26H26N4O3S. The molecule has 1 heterocycles. The van der Waals surface area contributed by atoms with Crippen LogP contribution in [0.4, 0.5) is 0 Å². The van der Waals surface area contributed by atoms with E-state index < -0.39 is 10.0 Å². The van der Waals surface area contributed by atoms with Gasteiger partial charge in [0.15, 0.2) is 0 Å². The molecule has 34 heavy (non-hydrogen) atoms. The third kappa shape index (κ3) is 5.52. The second-order valence-corrected chi connectivity index (χ2v) is 9.41. The maximum absolute atomic E-state index is 12.6. The zero-order valence-electron chi connectivity index (χ0n) is 19.0. The molecule has 1 N–H and O–H groups in total. The summed E-state index contributed by atoms with van der Waals surface area (Å²) in [5.41, 5.74) is 4.06. The van der Waals surface area contributed by atoms with E-state index in [9.17, 15) is 8.42 Å². The van der Waals surface area contributed by atoms with Gasteiger partial charge in [-0.25, -0.2) is 9.51 Å². The van der Waals surface area contributed by atoms with Crippen molar-refractivity contribution in [3.63, 3.8) is 0 Å². The molecule has 0 spiro atoms. The van der Waals surface area contributed by atoms with Crippen LogP contribution < -0.4 is 9.57 Å². The SMILES string of the molecule is CCCOc1ccc(-c2nn(-c3ccccc3)cc2C=NNS(=O)(=O)c2ccc(C)cc2)cc1. The van der Waals surface area contributed by atoms with E-state index in [2.05, 4.69) is 16.9 Å². The summed E-state index contributed by atoms with van der Waals surface area (Å²) in [5, 5.41) is 8.76. The lowest BCUT2D eigenvalue weighted by Crippen LogP contribution is -2.18. The van der Waals surface area contributed by atoms with Crippen LogP contribution in [0.15, 0.2) is 95.1 Å². The monoisotopic (exact) mass is 474 g/mol.